The molecule has 0 bridgehead atoms. The Morgan fingerprint density at radius 2 is 1.62 bits per heavy atom. The molecule has 0 amide bonds. The Morgan fingerprint density at radius 1 is 0.912 bits per heavy atom. The van der Waals surface area contributed by atoms with Crippen molar-refractivity contribution in [2.45, 2.75) is 32.1 Å². The van der Waals surface area contributed by atoms with E-state index in [1.54, 1.807) is 0 Å². The van der Waals surface area contributed by atoms with Crippen molar-refractivity contribution in [2.75, 3.05) is 44.7 Å². The smallest absolute Gasteiger partial charge is 0.315 e. The van der Waals surface area contributed by atoms with Gasteiger partial charge in [-0.15, -0.1) is 0 Å². The molecule has 1 fully saturated rings. The maximum Gasteiger partial charge on any atom is 0.315 e. The number of benzene rings is 3. The van der Waals surface area contributed by atoms with Crippen LogP contribution in [-0.2, 0) is 14.9 Å². The first kappa shape index (κ1) is 24.0. The first-order valence-electron chi connectivity index (χ1n) is 12.3. The van der Waals surface area contributed by atoms with E-state index < -0.39 is 5.41 Å². The highest BCUT2D eigenvalue weighted by Crippen LogP contribution is 2.31. The Bertz CT molecular complexity index is 1090. The summed E-state index contributed by atoms with van der Waals surface area (Å²) in [4.78, 5) is 17.6. The van der Waals surface area contributed by atoms with Gasteiger partial charge in [0.2, 0.25) is 0 Å². The number of rotatable bonds is 8. The molecule has 0 radical (unpaired) electrons. The molecule has 1 atom stereocenters. The van der Waals surface area contributed by atoms with Crippen LogP contribution in [0, 0.1) is 6.92 Å². The topological polar surface area (TPSA) is 32.8 Å². The number of ether oxygens (including phenoxy) is 1. The zero-order valence-corrected chi connectivity index (χ0v) is 20.7. The highest BCUT2D eigenvalue weighted by molar-refractivity contribution is 5.82. The van der Waals surface area contributed by atoms with E-state index in [1.165, 1.54) is 29.5 Å². The number of methoxy groups -OCH3 is 1. The summed E-state index contributed by atoms with van der Waals surface area (Å²) < 4.78 is 5.17. The third-order valence-electron chi connectivity index (χ3n) is 7.24. The molecule has 4 heteroatoms. The van der Waals surface area contributed by atoms with Crippen LogP contribution in [0.1, 0.15) is 30.9 Å². The predicted molar refractivity (Wildman–Crippen MR) is 140 cm³/mol. The van der Waals surface area contributed by atoms with Crippen LogP contribution in [0.3, 0.4) is 0 Å². The number of hydrogen-bond acceptors (Lipinski definition) is 4. The lowest BCUT2D eigenvalue weighted by Gasteiger charge is -2.37. The van der Waals surface area contributed by atoms with Gasteiger partial charge in [-0.05, 0) is 67.6 Å². The molecule has 3 aromatic rings. The fraction of sp³-hybridized carbons (Fsp3) is 0.367. The van der Waals surface area contributed by atoms with Gasteiger partial charge >= 0.3 is 5.97 Å². The van der Waals surface area contributed by atoms with Crippen molar-refractivity contribution in [1.82, 2.24) is 4.90 Å². The van der Waals surface area contributed by atoms with Crippen molar-refractivity contribution in [3.05, 3.63) is 90.0 Å². The maximum absolute atomic E-state index is 12.6. The molecule has 0 spiro atoms. The normalized spacial score (nSPS) is 16.1. The van der Waals surface area contributed by atoms with Crippen molar-refractivity contribution >= 4 is 11.7 Å². The summed E-state index contributed by atoms with van der Waals surface area (Å²) in [5, 5.41) is 0. The van der Waals surface area contributed by atoms with E-state index in [0.717, 1.165) is 51.1 Å². The second-order valence-electron chi connectivity index (χ2n) is 9.49. The molecular weight excluding hydrogens is 420 g/mol. The Balaban J connectivity index is 1.33. The van der Waals surface area contributed by atoms with Gasteiger partial charge in [0.05, 0.1) is 12.5 Å². The van der Waals surface area contributed by atoms with Crippen LogP contribution in [0.4, 0.5) is 5.69 Å². The van der Waals surface area contributed by atoms with Gasteiger partial charge < -0.3 is 9.64 Å². The lowest BCUT2D eigenvalue weighted by atomic mass is 9.78. The minimum absolute atomic E-state index is 0.156. The number of carbonyl (C=O) groups excluding carboxylic acids is 1. The van der Waals surface area contributed by atoms with Crippen molar-refractivity contribution in [2.24, 2.45) is 0 Å². The lowest BCUT2D eigenvalue weighted by Crippen LogP contribution is -2.47. The van der Waals surface area contributed by atoms with E-state index in [1.807, 2.05) is 37.3 Å². The van der Waals surface area contributed by atoms with E-state index in [0.29, 0.717) is 0 Å². The average Bonchev–Trinajstić information content (AvgIpc) is 2.89. The summed E-state index contributed by atoms with van der Waals surface area (Å²) in [6, 6.07) is 27.5. The average molecular weight is 457 g/mol. The number of aryl methyl sites for hydroxylation is 1. The molecule has 4 rings (SSSR count). The summed E-state index contributed by atoms with van der Waals surface area (Å²) >= 11 is 0. The quantitative estimate of drug-likeness (QED) is 0.407. The second-order valence-corrected chi connectivity index (χ2v) is 9.49. The summed E-state index contributed by atoms with van der Waals surface area (Å²) in [7, 11) is 1.48. The minimum atomic E-state index is -0.603. The Morgan fingerprint density at radius 3 is 2.32 bits per heavy atom. The van der Waals surface area contributed by atoms with Crippen LogP contribution in [0.25, 0.3) is 11.1 Å². The maximum atomic E-state index is 12.6. The third kappa shape index (κ3) is 5.34. The van der Waals surface area contributed by atoms with Gasteiger partial charge in [0.15, 0.2) is 0 Å². The summed E-state index contributed by atoms with van der Waals surface area (Å²) in [5.74, 6) is -0.156. The predicted octanol–water partition coefficient (Wildman–Crippen LogP) is 5.70. The molecule has 1 aliphatic rings. The van der Waals surface area contributed by atoms with Gasteiger partial charge in [0.1, 0.15) is 0 Å². The molecule has 0 aromatic heterocycles. The van der Waals surface area contributed by atoms with Gasteiger partial charge in [-0.1, -0.05) is 66.7 Å². The Hall–Kier alpha value is -3.11. The molecular formula is C30H36N2O2. The van der Waals surface area contributed by atoms with Gasteiger partial charge in [-0.25, -0.2) is 0 Å². The number of hydrogen-bond donors (Lipinski definition) is 0. The zero-order valence-electron chi connectivity index (χ0n) is 20.7. The van der Waals surface area contributed by atoms with Gasteiger partial charge in [-0.2, -0.15) is 0 Å². The fourth-order valence-electron chi connectivity index (χ4n) is 5.05. The molecule has 1 saturated heterocycles. The standard InChI is InChI=1S/C30H36N2O2/c1-24-11-7-8-16-28(24)25-12-9-15-27(23-25)32-21-19-31(20-22-32)18-10-17-30(2,29(33)34-3)26-13-5-4-6-14-26/h4-9,11-16,23H,10,17-22H2,1-3H3. The summed E-state index contributed by atoms with van der Waals surface area (Å²) in [5.41, 5.74) is 5.60. The van der Waals surface area contributed by atoms with Crippen molar-refractivity contribution in [3.63, 3.8) is 0 Å². The highest BCUT2D eigenvalue weighted by atomic mass is 16.5. The van der Waals surface area contributed by atoms with Gasteiger partial charge in [0.25, 0.3) is 0 Å². The van der Waals surface area contributed by atoms with Crippen molar-refractivity contribution in [3.8, 4) is 11.1 Å². The fourth-order valence-corrected chi connectivity index (χ4v) is 5.05. The van der Waals surface area contributed by atoms with Crippen LogP contribution >= 0.6 is 0 Å². The Labute approximate surface area is 204 Å². The van der Waals surface area contributed by atoms with E-state index in [-0.39, 0.29) is 5.97 Å². The minimum Gasteiger partial charge on any atom is -0.468 e. The zero-order chi connectivity index (χ0) is 24.0. The van der Waals surface area contributed by atoms with Crippen LogP contribution in [-0.4, -0.2) is 50.7 Å². The van der Waals surface area contributed by atoms with Crippen molar-refractivity contribution < 1.29 is 9.53 Å². The first-order chi connectivity index (χ1) is 16.5. The molecule has 178 valence electrons. The van der Waals surface area contributed by atoms with E-state index in [4.69, 9.17) is 4.74 Å². The number of esters is 1. The molecule has 1 unspecified atom stereocenters. The highest BCUT2D eigenvalue weighted by Gasteiger charge is 2.36. The third-order valence-corrected chi connectivity index (χ3v) is 7.24. The molecule has 0 aliphatic carbocycles. The Kier molecular flexibility index (Phi) is 7.69. The summed E-state index contributed by atoms with van der Waals surface area (Å²) in [6.07, 6.45) is 1.74. The monoisotopic (exact) mass is 456 g/mol. The molecule has 1 heterocycles. The van der Waals surface area contributed by atoms with Crippen LogP contribution in [0.15, 0.2) is 78.9 Å². The number of piperazine rings is 1. The molecule has 4 nitrogen and oxygen atoms in total. The number of anilines is 1. The largest absolute Gasteiger partial charge is 0.468 e. The number of nitrogens with zero attached hydrogens (tertiary/aromatic N) is 2. The molecule has 3 aromatic carbocycles. The second kappa shape index (κ2) is 10.9. The molecule has 1 aliphatic heterocycles. The number of carbonyl (C=O) groups is 1. The first-order valence-corrected chi connectivity index (χ1v) is 12.3. The van der Waals surface area contributed by atoms with Gasteiger partial charge in [-0.3, -0.25) is 9.69 Å². The van der Waals surface area contributed by atoms with Crippen LogP contribution in [0.2, 0.25) is 0 Å². The van der Waals surface area contributed by atoms with Crippen LogP contribution < -0.4 is 4.90 Å². The van der Waals surface area contributed by atoms with Gasteiger partial charge in [0, 0.05) is 31.9 Å². The molecule has 0 saturated carbocycles. The van der Waals surface area contributed by atoms with E-state index in [9.17, 15) is 4.79 Å². The van der Waals surface area contributed by atoms with E-state index in [2.05, 4.69) is 65.3 Å². The van der Waals surface area contributed by atoms with Crippen molar-refractivity contribution in [1.29, 1.82) is 0 Å². The van der Waals surface area contributed by atoms with Crippen LogP contribution in [0.5, 0.6) is 0 Å². The molecule has 0 N–H and O–H groups in total. The lowest BCUT2D eigenvalue weighted by molar-refractivity contribution is -0.147. The SMILES string of the molecule is COC(=O)C(C)(CCCN1CCN(c2cccc(-c3ccccc3C)c2)CC1)c1ccccc1. The van der Waals surface area contributed by atoms with E-state index >= 15 is 0 Å². The summed E-state index contributed by atoms with van der Waals surface area (Å²) in [6.45, 7) is 9.28. The molecule has 34 heavy (non-hydrogen) atoms.